The summed E-state index contributed by atoms with van der Waals surface area (Å²) in [6.07, 6.45) is -2.26. The Kier molecular flexibility index (Phi) is 7.71. The van der Waals surface area contributed by atoms with E-state index in [0.29, 0.717) is 6.54 Å². The highest BCUT2D eigenvalue weighted by Gasteiger charge is 2.36. The molecule has 0 aliphatic heterocycles. The summed E-state index contributed by atoms with van der Waals surface area (Å²) in [7, 11) is 0. The van der Waals surface area contributed by atoms with Gasteiger partial charge in [0.1, 0.15) is 0 Å². The SMILES string of the molecule is CCCC(C)(CNC(C)(C)C)CN(CC(F)(F)F)C(C)C. The maximum atomic E-state index is 12.7. The molecule has 0 bridgehead atoms. The molecule has 0 saturated heterocycles. The van der Waals surface area contributed by atoms with Crippen molar-refractivity contribution in [1.82, 2.24) is 10.2 Å². The Morgan fingerprint density at radius 1 is 1.00 bits per heavy atom. The van der Waals surface area contributed by atoms with E-state index in [1.54, 1.807) is 4.90 Å². The molecular formula is C16H33F3N2. The lowest BCUT2D eigenvalue weighted by Gasteiger charge is -2.39. The summed E-state index contributed by atoms with van der Waals surface area (Å²) in [5, 5.41) is 3.45. The number of alkyl halides is 3. The molecule has 0 radical (unpaired) electrons. The van der Waals surface area contributed by atoms with Gasteiger partial charge in [0.2, 0.25) is 0 Å². The summed E-state index contributed by atoms with van der Waals surface area (Å²) in [4.78, 5) is 1.54. The first kappa shape index (κ1) is 20.7. The zero-order valence-corrected chi connectivity index (χ0v) is 14.7. The molecule has 0 amide bonds. The summed E-state index contributed by atoms with van der Waals surface area (Å²) in [6.45, 7) is 14.4. The Labute approximate surface area is 128 Å². The van der Waals surface area contributed by atoms with Crippen LogP contribution in [0.25, 0.3) is 0 Å². The van der Waals surface area contributed by atoms with Crippen LogP contribution in [0.5, 0.6) is 0 Å². The van der Waals surface area contributed by atoms with Gasteiger partial charge in [0.25, 0.3) is 0 Å². The average Bonchev–Trinajstić information content (AvgIpc) is 2.23. The van der Waals surface area contributed by atoms with Crippen molar-refractivity contribution in [3.8, 4) is 0 Å². The van der Waals surface area contributed by atoms with Crippen LogP contribution in [0.4, 0.5) is 13.2 Å². The smallest absolute Gasteiger partial charge is 0.311 e. The van der Waals surface area contributed by atoms with E-state index in [4.69, 9.17) is 0 Å². The number of hydrogen-bond donors (Lipinski definition) is 1. The molecule has 21 heavy (non-hydrogen) atoms. The molecule has 0 aromatic heterocycles. The van der Waals surface area contributed by atoms with E-state index in [1.165, 1.54) is 0 Å². The molecule has 2 nitrogen and oxygen atoms in total. The predicted octanol–water partition coefficient (Wildman–Crippen LogP) is 4.45. The van der Waals surface area contributed by atoms with Crippen molar-refractivity contribution in [3.05, 3.63) is 0 Å². The summed E-state index contributed by atoms with van der Waals surface area (Å²) in [6, 6.07) is -0.113. The summed E-state index contributed by atoms with van der Waals surface area (Å²) in [5.41, 5.74) is -0.181. The second kappa shape index (κ2) is 7.82. The monoisotopic (exact) mass is 310 g/mol. The van der Waals surface area contributed by atoms with Crippen LogP contribution in [0.15, 0.2) is 0 Å². The third-order valence-electron chi connectivity index (χ3n) is 3.60. The minimum Gasteiger partial charge on any atom is -0.311 e. The molecule has 1 N–H and O–H groups in total. The van der Waals surface area contributed by atoms with Gasteiger partial charge >= 0.3 is 6.18 Å². The van der Waals surface area contributed by atoms with Crippen LogP contribution in [0.3, 0.4) is 0 Å². The first-order valence-corrected chi connectivity index (χ1v) is 7.84. The fourth-order valence-electron chi connectivity index (χ4n) is 2.45. The largest absolute Gasteiger partial charge is 0.401 e. The van der Waals surface area contributed by atoms with Crippen LogP contribution in [0.2, 0.25) is 0 Å². The van der Waals surface area contributed by atoms with Crippen LogP contribution in [-0.4, -0.2) is 42.3 Å². The number of nitrogens with zero attached hydrogens (tertiary/aromatic N) is 1. The van der Waals surface area contributed by atoms with Crippen LogP contribution in [-0.2, 0) is 0 Å². The molecule has 0 aromatic carbocycles. The quantitative estimate of drug-likeness (QED) is 0.712. The topological polar surface area (TPSA) is 15.3 Å². The first-order chi connectivity index (χ1) is 9.28. The second-order valence-electron chi connectivity index (χ2n) is 7.78. The second-order valence-corrected chi connectivity index (χ2v) is 7.78. The third kappa shape index (κ3) is 10.1. The maximum Gasteiger partial charge on any atom is 0.401 e. The third-order valence-corrected chi connectivity index (χ3v) is 3.60. The lowest BCUT2D eigenvalue weighted by atomic mass is 9.83. The molecule has 0 fully saturated rings. The fraction of sp³-hybridized carbons (Fsp3) is 1.00. The average molecular weight is 310 g/mol. The minimum absolute atomic E-state index is 0.0261. The van der Waals surface area contributed by atoms with Gasteiger partial charge < -0.3 is 5.32 Å². The minimum atomic E-state index is -4.14. The van der Waals surface area contributed by atoms with Crippen LogP contribution >= 0.6 is 0 Å². The van der Waals surface area contributed by atoms with Gasteiger partial charge in [-0.15, -0.1) is 0 Å². The van der Waals surface area contributed by atoms with Gasteiger partial charge in [-0.25, -0.2) is 0 Å². The van der Waals surface area contributed by atoms with Gasteiger partial charge in [0.05, 0.1) is 6.54 Å². The van der Waals surface area contributed by atoms with Crippen molar-refractivity contribution in [3.63, 3.8) is 0 Å². The molecule has 1 atom stereocenters. The highest BCUT2D eigenvalue weighted by molar-refractivity contribution is 4.85. The molecular weight excluding hydrogens is 277 g/mol. The Morgan fingerprint density at radius 2 is 1.52 bits per heavy atom. The predicted molar refractivity (Wildman–Crippen MR) is 83.5 cm³/mol. The lowest BCUT2D eigenvalue weighted by molar-refractivity contribution is -0.153. The molecule has 0 aromatic rings. The number of halogens is 3. The summed E-state index contributed by atoms with van der Waals surface area (Å²) in [5.74, 6) is 0. The molecule has 0 aliphatic carbocycles. The van der Waals surface area contributed by atoms with Crippen LogP contribution < -0.4 is 5.32 Å². The zero-order valence-electron chi connectivity index (χ0n) is 14.7. The Bertz CT molecular complexity index is 295. The lowest BCUT2D eigenvalue weighted by Crippen LogP contribution is -2.50. The number of hydrogen-bond acceptors (Lipinski definition) is 2. The van der Waals surface area contributed by atoms with E-state index < -0.39 is 12.7 Å². The van der Waals surface area contributed by atoms with E-state index >= 15 is 0 Å². The van der Waals surface area contributed by atoms with E-state index in [2.05, 4.69) is 39.9 Å². The van der Waals surface area contributed by atoms with Crippen molar-refractivity contribution in [2.45, 2.75) is 79.1 Å². The van der Waals surface area contributed by atoms with E-state index in [9.17, 15) is 13.2 Å². The Morgan fingerprint density at radius 3 is 1.86 bits per heavy atom. The first-order valence-electron chi connectivity index (χ1n) is 7.84. The van der Waals surface area contributed by atoms with E-state index in [1.807, 2.05) is 13.8 Å². The Balaban J connectivity index is 4.90. The summed E-state index contributed by atoms with van der Waals surface area (Å²) < 4.78 is 38.2. The van der Waals surface area contributed by atoms with Gasteiger partial charge in [-0.05, 0) is 46.5 Å². The highest BCUT2D eigenvalue weighted by Crippen LogP contribution is 2.28. The van der Waals surface area contributed by atoms with Gasteiger partial charge in [0.15, 0.2) is 0 Å². The van der Waals surface area contributed by atoms with Crippen molar-refractivity contribution in [1.29, 1.82) is 0 Å². The molecule has 0 aliphatic rings. The number of nitrogens with one attached hydrogen (secondary N) is 1. The normalized spacial score (nSPS) is 16.6. The molecule has 128 valence electrons. The highest BCUT2D eigenvalue weighted by atomic mass is 19.4. The van der Waals surface area contributed by atoms with Gasteiger partial charge in [-0.3, -0.25) is 4.90 Å². The van der Waals surface area contributed by atoms with Crippen LogP contribution in [0, 0.1) is 5.41 Å². The van der Waals surface area contributed by atoms with Gasteiger partial charge in [-0.2, -0.15) is 13.2 Å². The van der Waals surface area contributed by atoms with E-state index in [-0.39, 0.29) is 17.0 Å². The maximum absolute atomic E-state index is 12.7. The van der Waals surface area contributed by atoms with Crippen molar-refractivity contribution in [2.75, 3.05) is 19.6 Å². The molecule has 0 heterocycles. The van der Waals surface area contributed by atoms with E-state index in [0.717, 1.165) is 19.4 Å². The molecule has 0 rings (SSSR count). The van der Waals surface area contributed by atoms with Gasteiger partial charge in [0, 0.05) is 24.7 Å². The molecule has 0 saturated carbocycles. The fourth-order valence-corrected chi connectivity index (χ4v) is 2.45. The van der Waals surface area contributed by atoms with Crippen LogP contribution in [0.1, 0.15) is 61.3 Å². The number of rotatable bonds is 8. The van der Waals surface area contributed by atoms with Crippen molar-refractivity contribution >= 4 is 0 Å². The summed E-state index contributed by atoms with van der Waals surface area (Å²) >= 11 is 0. The molecule has 0 spiro atoms. The van der Waals surface area contributed by atoms with Gasteiger partial charge in [-0.1, -0.05) is 20.3 Å². The molecule has 1 unspecified atom stereocenters. The zero-order chi connectivity index (χ0) is 16.9. The molecule has 5 heteroatoms. The standard InChI is InChI=1S/C16H33F3N2/c1-8-9-15(7,10-20-14(4,5)6)11-21(13(2)3)12-16(17,18)19/h13,20H,8-12H2,1-7H3. The Hall–Kier alpha value is -0.290. The van der Waals surface area contributed by atoms with Crippen molar-refractivity contribution in [2.24, 2.45) is 5.41 Å². The van der Waals surface area contributed by atoms with Crippen molar-refractivity contribution < 1.29 is 13.2 Å².